The number of nitrogens with one attached hydrogen (secondary N) is 1. The van der Waals surface area contributed by atoms with E-state index in [1.165, 1.54) is 6.20 Å². The molecule has 0 aliphatic carbocycles. The van der Waals surface area contributed by atoms with Gasteiger partial charge < -0.3 is 10.1 Å². The van der Waals surface area contributed by atoms with Crippen molar-refractivity contribution in [2.75, 3.05) is 0 Å². The average Bonchev–Trinajstić information content (AvgIpc) is 2.57. The molecule has 0 saturated carbocycles. The Morgan fingerprint density at radius 2 is 2.00 bits per heavy atom. The van der Waals surface area contributed by atoms with Crippen LogP contribution in [0.5, 0.6) is 0 Å². The van der Waals surface area contributed by atoms with Gasteiger partial charge >= 0.3 is 5.97 Å². The lowest BCUT2D eigenvalue weighted by Gasteiger charge is -2.19. The fourth-order valence-corrected chi connectivity index (χ4v) is 1.86. The van der Waals surface area contributed by atoms with E-state index in [4.69, 9.17) is 5.11 Å². The molecule has 2 N–H and O–H groups in total. The zero-order valence-corrected chi connectivity index (χ0v) is 10.3. The Labute approximate surface area is 98.9 Å². The number of hydrogen-bond donors (Lipinski definition) is 2. The minimum Gasteiger partial charge on any atom is -0.478 e. The zero-order valence-electron chi connectivity index (χ0n) is 10.3. The highest BCUT2D eigenvalue weighted by molar-refractivity contribution is 6.03. The van der Waals surface area contributed by atoms with Crippen LogP contribution in [-0.4, -0.2) is 26.0 Å². The molecule has 5 heteroatoms. The molecular formula is C12H15N3O2. The molecule has 0 saturated heterocycles. The number of aryl methyl sites for hydroxylation is 1. The Bertz CT molecular complexity index is 594. The maximum atomic E-state index is 11.2. The van der Waals surface area contributed by atoms with Crippen LogP contribution in [0.1, 0.15) is 42.6 Å². The number of carboxylic acids is 1. The number of fused-ring (bicyclic) bond motifs is 1. The molecule has 0 bridgehead atoms. The van der Waals surface area contributed by atoms with Crippen molar-refractivity contribution in [3.63, 3.8) is 0 Å². The Morgan fingerprint density at radius 3 is 2.53 bits per heavy atom. The van der Waals surface area contributed by atoms with Crippen LogP contribution < -0.4 is 0 Å². The highest BCUT2D eigenvalue weighted by Crippen LogP contribution is 2.29. The molecule has 2 heterocycles. The third kappa shape index (κ3) is 1.88. The summed E-state index contributed by atoms with van der Waals surface area (Å²) in [5.41, 5.74) is 1.35. The smallest absolute Gasteiger partial charge is 0.338 e. The van der Waals surface area contributed by atoms with E-state index >= 15 is 0 Å². The maximum absolute atomic E-state index is 11.2. The first-order chi connectivity index (χ1) is 7.80. The molecular weight excluding hydrogens is 218 g/mol. The van der Waals surface area contributed by atoms with Gasteiger partial charge in [0.15, 0.2) is 0 Å². The van der Waals surface area contributed by atoms with E-state index in [0.717, 1.165) is 5.69 Å². The molecule has 0 fully saturated rings. The summed E-state index contributed by atoms with van der Waals surface area (Å²) in [6.07, 6.45) is 1.47. The molecule has 2 aromatic heterocycles. The first kappa shape index (κ1) is 11.6. The lowest BCUT2D eigenvalue weighted by molar-refractivity contribution is 0.0699. The number of aromatic carboxylic acids is 1. The second-order valence-corrected chi connectivity index (χ2v) is 5.10. The minimum absolute atomic E-state index is 0.224. The van der Waals surface area contributed by atoms with Gasteiger partial charge in [0.25, 0.3) is 0 Å². The molecule has 17 heavy (non-hydrogen) atoms. The third-order valence-corrected chi connectivity index (χ3v) is 2.58. The highest BCUT2D eigenvalue weighted by atomic mass is 16.4. The van der Waals surface area contributed by atoms with Gasteiger partial charge in [0.2, 0.25) is 0 Å². The molecule has 5 nitrogen and oxygen atoms in total. The Balaban J connectivity index is 2.89. The van der Waals surface area contributed by atoms with Crippen molar-refractivity contribution in [1.82, 2.24) is 15.0 Å². The molecule has 2 aromatic rings. The fourth-order valence-electron chi connectivity index (χ4n) is 1.86. The first-order valence-electron chi connectivity index (χ1n) is 5.40. The molecule has 0 aliphatic heterocycles. The Morgan fingerprint density at radius 1 is 1.35 bits per heavy atom. The third-order valence-electron chi connectivity index (χ3n) is 2.58. The van der Waals surface area contributed by atoms with Gasteiger partial charge in [-0.1, -0.05) is 20.8 Å². The lowest BCUT2D eigenvalue weighted by atomic mass is 9.89. The first-order valence-corrected chi connectivity index (χ1v) is 5.40. The molecule has 0 unspecified atom stereocenters. The standard InChI is InChI=1S/C12H15N3O2/c1-6-14-9(12(2,3)4)8-7(11(16)17)5-13-10(8)15-6/h5H,1-4H3,(H,16,17)(H,13,14,15). The van der Waals surface area contributed by atoms with Crippen molar-refractivity contribution >= 4 is 17.0 Å². The maximum Gasteiger partial charge on any atom is 0.338 e. The van der Waals surface area contributed by atoms with E-state index in [9.17, 15) is 4.79 Å². The van der Waals surface area contributed by atoms with Crippen LogP contribution in [-0.2, 0) is 5.41 Å². The van der Waals surface area contributed by atoms with Crippen LogP contribution >= 0.6 is 0 Å². The van der Waals surface area contributed by atoms with Crippen LogP contribution in [0.3, 0.4) is 0 Å². The van der Waals surface area contributed by atoms with Crippen LogP contribution in [0.4, 0.5) is 0 Å². The lowest BCUT2D eigenvalue weighted by Crippen LogP contribution is -2.16. The van der Waals surface area contributed by atoms with E-state index in [-0.39, 0.29) is 11.0 Å². The summed E-state index contributed by atoms with van der Waals surface area (Å²) in [5.74, 6) is -0.324. The summed E-state index contributed by atoms with van der Waals surface area (Å²) in [6.45, 7) is 7.82. The number of rotatable bonds is 1. The number of carboxylic acid groups (broad SMARTS) is 1. The van der Waals surface area contributed by atoms with Gasteiger partial charge in [0.05, 0.1) is 16.6 Å². The molecule has 0 spiro atoms. The SMILES string of the molecule is Cc1nc(C(C)(C)C)c2c(C(=O)O)c[nH]c2n1. The van der Waals surface area contributed by atoms with Gasteiger partial charge in [-0.3, -0.25) is 0 Å². The number of aromatic nitrogens is 3. The van der Waals surface area contributed by atoms with Crippen molar-refractivity contribution in [2.45, 2.75) is 33.1 Å². The van der Waals surface area contributed by atoms with Crippen LogP contribution in [0, 0.1) is 6.92 Å². The molecule has 0 amide bonds. The summed E-state index contributed by atoms with van der Waals surface area (Å²) in [6, 6.07) is 0. The van der Waals surface area contributed by atoms with Crippen molar-refractivity contribution in [2.24, 2.45) is 0 Å². The Kier molecular flexibility index (Phi) is 2.41. The quantitative estimate of drug-likeness (QED) is 0.791. The van der Waals surface area contributed by atoms with Gasteiger partial charge in [-0.15, -0.1) is 0 Å². The van der Waals surface area contributed by atoms with Crippen LogP contribution in [0.2, 0.25) is 0 Å². The number of nitrogens with zero attached hydrogens (tertiary/aromatic N) is 2. The fraction of sp³-hybridized carbons (Fsp3) is 0.417. The zero-order chi connectivity index (χ0) is 12.8. The molecule has 0 aromatic carbocycles. The van der Waals surface area contributed by atoms with E-state index < -0.39 is 5.97 Å². The van der Waals surface area contributed by atoms with Crippen molar-refractivity contribution < 1.29 is 9.90 Å². The van der Waals surface area contributed by atoms with Gasteiger partial charge in [-0.25, -0.2) is 14.8 Å². The summed E-state index contributed by atoms with van der Waals surface area (Å²) < 4.78 is 0. The number of carbonyl (C=O) groups is 1. The molecule has 90 valence electrons. The monoisotopic (exact) mass is 233 g/mol. The number of hydrogen-bond acceptors (Lipinski definition) is 3. The van der Waals surface area contributed by atoms with Crippen LogP contribution in [0.25, 0.3) is 11.0 Å². The largest absolute Gasteiger partial charge is 0.478 e. The summed E-state index contributed by atoms with van der Waals surface area (Å²) in [4.78, 5) is 22.7. The minimum atomic E-state index is -0.964. The second-order valence-electron chi connectivity index (χ2n) is 5.10. The number of aromatic amines is 1. The van der Waals surface area contributed by atoms with Crippen LogP contribution in [0.15, 0.2) is 6.20 Å². The van der Waals surface area contributed by atoms with E-state index in [2.05, 4.69) is 15.0 Å². The van der Waals surface area contributed by atoms with Crippen molar-refractivity contribution in [3.8, 4) is 0 Å². The topological polar surface area (TPSA) is 78.9 Å². The van der Waals surface area contributed by atoms with E-state index in [1.807, 2.05) is 20.8 Å². The van der Waals surface area contributed by atoms with E-state index in [0.29, 0.717) is 16.9 Å². The normalized spacial score (nSPS) is 12.0. The molecule has 0 aliphatic rings. The van der Waals surface area contributed by atoms with Gasteiger partial charge in [0.1, 0.15) is 11.5 Å². The summed E-state index contributed by atoms with van der Waals surface area (Å²) >= 11 is 0. The highest BCUT2D eigenvalue weighted by Gasteiger charge is 2.24. The molecule has 2 rings (SSSR count). The average molecular weight is 233 g/mol. The van der Waals surface area contributed by atoms with Crippen molar-refractivity contribution in [3.05, 3.63) is 23.3 Å². The van der Waals surface area contributed by atoms with Gasteiger partial charge in [0, 0.05) is 11.6 Å². The van der Waals surface area contributed by atoms with Crippen molar-refractivity contribution in [1.29, 1.82) is 0 Å². The second kappa shape index (κ2) is 3.55. The predicted molar refractivity (Wildman–Crippen MR) is 64.3 cm³/mol. The van der Waals surface area contributed by atoms with Gasteiger partial charge in [-0.05, 0) is 6.92 Å². The predicted octanol–water partition coefficient (Wildman–Crippen LogP) is 2.26. The van der Waals surface area contributed by atoms with E-state index in [1.54, 1.807) is 6.92 Å². The summed E-state index contributed by atoms with van der Waals surface area (Å²) in [7, 11) is 0. The Hall–Kier alpha value is -1.91. The number of H-pyrrole nitrogens is 1. The molecule has 0 radical (unpaired) electrons. The van der Waals surface area contributed by atoms with Gasteiger partial charge in [-0.2, -0.15) is 0 Å². The molecule has 0 atom stereocenters. The summed E-state index contributed by atoms with van der Waals surface area (Å²) in [5, 5.41) is 9.76.